The maximum Gasteiger partial charge on any atom is 0.326 e. The van der Waals surface area contributed by atoms with Crippen LogP contribution in [0.15, 0.2) is 0 Å². The van der Waals surface area contributed by atoms with Gasteiger partial charge in [-0.2, -0.15) is 0 Å². The lowest BCUT2D eigenvalue weighted by atomic mass is 10.0. The molecule has 0 aliphatic rings. The van der Waals surface area contributed by atoms with Crippen molar-refractivity contribution in [2.24, 2.45) is 17.4 Å². The smallest absolute Gasteiger partial charge is 0.326 e. The van der Waals surface area contributed by atoms with E-state index in [9.17, 15) is 29.1 Å². The first-order valence-corrected chi connectivity index (χ1v) is 9.78. The standard InChI is InChI=1S/C18H33N5O7/c1-10(2)15(17(28)22-12(18(29)30)5-3-4-8-19)23-16(27)11(6-7-14(25)26)21-13(24)9-20/h10-12,15H,3-9,19-20H2,1-2H3,(H,21,24)(H,22,28)(H,23,27)(H,25,26)(H,29,30). The second-order valence-electron chi connectivity index (χ2n) is 7.17. The van der Waals surface area contributed by atoms with Gasteiger partial charge in [0.05, 0.1) is 6.54 Å². The van der Waals surface area contributed by atoms with Gasteiger partial charge in [0.15, 0.2) is 0 Å². The van der Waals surface area contributed by atoms with Crippen LogP contribution in [0, 0.1) is 5.92 Å². The molecule has 3 unspecified atom stereocenters. The minimum Gasteiger partial charge on any atom is -0.481 e. The third-order valence-electron chi connectivity index (χ3n) is 4.29. The number of hydrogen-bond acceptors (Lipinski definition) is 7. The molecule has 12 nitrogen and oxygen atoms in total. The van der Waals surface area contributed by atoms with Crippen molar-refractivity contribution in [3.63, 3.8) is 0 Å². The van der Waals surface area contributed by atoms with Crippen molar-refractivity contribution in [2.75, 3.05) is 13.1 Å². The van der Waals surface area contributed by atoms with Crippen LogP contribution < -0.4 is 27.4 Å². The first-order chi connectivity index (χ1) is 14.0. The Balaban J connectivity index is 5.23. The Labute approximate surface area is 175 Å². The predicted molar refractivity (Wildman–Crippen MR) is 107 cm³/mol. The average molecular weight is 431 g/mol. The van der Waals surface area contributed by atoms with Crippen molar-refractivity contribution in [3.05, 3.63) is 0 Å². The number of aliphatic carboxylic acids is 2. The van der Waals surface area contributed by atoms with Gasteiger partial charge in [-0.05, 0) is 38.1 Å². The number of hydrogen-bond donors (Lipinski definition) is 7. The molecule has 0 aliphatic heterocycles. The highest BCUT2D eigenvalue weighted by molar-refractivity contribution is 5.93. The van der Waals surface area contributed by atoms with E-state index in [2.05, 4.69) is 16.0 Å². The fourth-order valence-electron chi connectivity index (χ4n) is 2.59. The van der Waals surface area contributed by atoms with Gasteiger partial charge in [-0.25, -0.2) is 4.79 Å². The van der Waals surface area contributed by atoms with E-state index >= 15 is 0 Å². The Morgan fingerprint density at radius 2 is 1.47 bits per heavy atom. The van der Waals surface area contributed by atoms with Crippen LogP contribution in [0.2, 0.25) is 0 Å². The Morgan fingerprint density at radius 3 is 1.93 bits per heavy atom. The molecule has 0 fully saturated rings. The minimum atomic E-state index is -1.20. The zero-order chi connectivity index (χ0) is 23.3. The molecule has 0 aliphatic carbocycles. The molecule has 12 heteroatoms. The fourth-order valence-corrected chi connectivity index (χ4v) is 2.59. The summed E-state index contributed by atoms with van der Waals surface area (Å²) >= 11 is 0. The molecule has 0 aromatic heterocycles. The number of carbonyl (C=O) groups is 5. The molecular formula is C18H33N5O7. The topological polar surface area (TPSA) is 214 Å². The van der Waals surface area contributed by atoms with Gasteiger partial charge in [-0.3, -0.25) is 19.2 Å². The van der Waals surface area contributed by atoms with Gasteiger partial charge in [0.25, 0.3) is 0 Å². The monoisotopic (exact) mass is 431 g/mol. The molecule has 0 bridgehead atoms. The van der Waals surface area contributed by atoms with Gasteiger partial charge in [0.2, 0.25) is 17.7 Å². The third-order valence-corrected chi connectivity index (χ3v) is 4.29. The number of unbranched alkanes of at least 4 members (excludes halogenated alkanes) is 1. The fraction of sp³-hybridized carbons (Fsp3) is 0.722. The lowest BCUT2D eigenvalue weighted by Gasteiger charge is -2.26. The number of carboxylic acid groups (broad SMARTS) is 2. The van der Waals surface area contributed by atoms with E-state index < -0.39 is 60.2 Å². The van der Waals surface area contributed by atoms with Gasteiger partial charge < -0.3 is 37.6 Å². The normalized spacial score (nSPS) is 13.8. The van der Waals surface area contributed by atoms with E-state index in [-0.39, 0.29) is 19.3 Å². The maximum absolute atomic E-state index is 12.6. The van der Waals surface area contributed by atoms with E-state index in [4.69, 9.17) is 16.6 Å². The number of nitrogens with one attached hydrogen (secondary N) is 3. The predicted octanol–water partition coefficient (Wildman–Crippen LogP) is -1.87. The van der Waals surface area contributed by atoms with E-state index in [1.807, 2.05) is 0 Å². The third kappa shape index (κ3) is 10.7. The quantitative estimate of drug-likeness (QED) is 0.144. The summed E-state index contributed by atoms with van der Waals surface area (Å²) in [5.41, 5.74) is 10.6. The van der Waals surface area contributed by atoms with Gasteiger partial charge in [0.1, 0.15) is 18.1 Å². The number of nitrogens with two attached hydrogens (primary N) is 2. The Morgan fingerprint density at radius 1 is 0.833 bits per heavy atom. The van der Waals surface area contributed by atoms with Crippen LogP contribution in [0.1, 0.15) is 46.0 Å². The molecule has 0 aromatic carbocycles. The first kappa shape index (κ1) is 27.3. The van der Waals surface area contributed by atoms with Gasteiger partial charge in [0, 0.05) is 6.42 Å². The minimum absolute atomic E-state index is 0.185. The number of carbonyl (C=O) groups excluding carboxylic acids is 3. The molecule has 0 rings (SSSR count). The second-order valence-corrected chi connectivity index (χ2v) is 7.17. The van der Waals surface area contributed by atoms with Crippen LogP contribution in [0.25, 0.3) is 0 Å². The van der Waals surface area contributed by atoms with Gasteiger partial charge >= 0.3 is 11.9 Å². The Kier molecular flexibility index (Phi) is 13.0. The highest BCUT2D eigenvalue weighted by Gasteiger charge is 2.31. The lowest BCUT2D eigenvalue weighted by molar-refractivity contribution is -0.142. The molecule has 3 amide bonds. The van der Waals surface area contributed by atoms with Crippen molar-refractivity contribution in [1.82, 2.24) is 16.0 Å². The summed E-state index contributed by atoms with van der Waals surface area (Å²) in [6.45, 7) is 3.31. The molecule has 0 saturated carbocycles. The van der Waals surface area contributed by atoms with Crippen LogP contribution in [0.5, 0.6) is 0 Å². The molecule has 172 valence electrons. The van der Waals surface area contributed by atoms with E-state index in [1.165, 1.54) is 0 Å². The zero-order valence-corrected chi connectivity index (χ0v) is 17.3. The highest BCUT2D eigenvalue weighted by atomic mass is 16.4. The van der Waals surface area contributed by atoms with Crippen LogP contribution in [-0.2, 0) is 24.0 Å². The summed E-state index contributed by atoms with van der Waals surface area (Å²) < 4.78 is 0. The summed E-state index contributed by atoms with van der Waals surface area (Å²) in [7, 11) is 0. The molecule has 0 spiro atoms. The molecule has 3 atom stereocenters. The number of carboxylic acids is 2. The molecule has 0 saturated heterocycles. The van der Waals surface area contributed by atoms with Crippen molar-refractivity contribution < 1.29 is 34.2 Å². The Hall–Kier alpha value is -2.73. The van der Waals surface area contributed by atoms with Crippen LogP contribution in [0.3, 0.4) is 0 Å². The molecule has 9 N–H and O–H groups in total. The van der Waals surface area contributed by atoms with Crippen molar-refractivity contribution >= 4 is 29.7 Å². The molecule has 30 heavy (non-hydrogen) atoms. The van der Waals surface area contributed by atoms with E-state index in [0.29, 0.717) is 19.4 Å². The Bertz CT molecular complexity index is 612. The summed E-state index contributed by atoms with van der Waals surface area (Å²) in [5, 5.41) is 25.3. The van der Waals surface area contributed by atoms with Crippen molar-refractivity contribution in [2.45, 2.75) is 64.1 Å². The van der Waals surface area contributed by atoms with Crippen LogP contribution in [0.4, 0.5) is 0 Å². The summed E-state index contributed by atoms with van der Waals surface area (Å²) in [4.78, 5) is 59.0. The molecular weight excluding hydrogens is 398 g/mol. The summed E-state index contributed by atoms with van der Waals surface area (Å²) in [5.74, 6) is -4.88. The summed E-state index contributed by atoms with van der Waals surface area (Å²) in [6.07, 6.45) is 0.718. The average Bonchev–Trinajstić information content (AvgIpc) is 2.67. The largest absolute Gasteiger partial charge is 0.481 e. The SMILES string of the molecule is CC(C)C(NC(=O)C(CCC(=O)O)NC(=O)CN)C(=O)NC(CCCCN)C(=O)O. The van der Waals surface area contributed by atoms with Crippen molar-refractivity contribution in [1.29, 1.82) is 0 Å². The lowest BCUT2D eigenvalue weighted by Crippen LogP contribution is -2.57. The van der Waals surface area contributed by atoms with E-state index in [1.54, 1.807) is 13.8 Å². The molecule has 0 aromatic rings. The van der Waals surface area contributed by atoms with Gasteiger partial charge in [-0.1, -0.05) is 13.8 Å². The maximum atomic E-state index is 12.6. The number of rotatable bonds is 15. The van der Waals surface area contributed by atoms with Crippen LogP contribution in [-0.4, -0.2) is 71.1 Å². The van der Waals surface area contributed by atoms with Crippen LogP contribution >= 0.6 is 0 Å². The zero-order valence-electron chi connectivity index (χ0n) is 17.3. The second kappa shape index (κ2) is 14.3. The summed E-state index contributed by atoms with van der Waals surface area (Å²) in [6, 6.07) is -3.43. The van der Waals surface area contributed by atoms with Crippen molar-refractivity contribution in [3.8, 4) is 0 Å². The van der Waals surface area contributed by atoms with Gasteiger partial charge in [-0.15, -0.1) is 0 Å². The molecule has 0 heterocycles. The first-order valence-electron chi connectivity index (χ1n) is 9.78. The van der Waals surface area contributed by atoms with E-state index in [0.717, 1.165) is 0 Å². The highest BCUT2D eigenvalue weighted by Crippen LogP contribution is 2.07. The molecule has 0 radical (unpaired) electrons. The number of amides is 3.